The van der Waals surface area contributed by atoms with Gasteiger partial charge in [-0.1, -0.05) is 0 Å². The quantitative estimate of drug-likeness (QED) is 0.736. The van der Waals surface area contributed by atoms with E-state index in [0.29, 0.717) is 25.9 Å². The lowest BCUT2D eigenvalue weighted by atomic mass is 9.97. The molecule has 0 saturated carbocycles. The smallest absolute Gasteiger partial charge is 0.330 e. The van der Waals surface area contributed by atoms with Crippen LogP contribution in [0.4, 0.5) is 8.78 Å². The Labute approximate surface area is 94.7 Å². The molecule has 1 aliphatic rings. The fraction of sp³-hybridized carbons (Fsp3) is 0.909. The van der Waals surface area contributed by atoms with E-state index in [0.717, 1.165) is 0 Å². The number of hydroxylamine groups is 2. The van der Waals surface area contributed by atoms with Crippen LogP contribution in [0, 0.1) is 11.3 Å². The largest absolute Gasteiger partial charge is 0.367 e. The summed E-state index contributed by atoms with van der Waals surface area (Å²) in [6, 6.07) is 0. The summed E-state index contributed by atoms with van der Waals surface area (Å²) in [7, 11) is 0. The molecule has 5 heteroatoms. The molecule has 1 aliphatic heterocycles. The first-order valence-electron chi connectivity index (χ1n) is 5.56. The van der Waals surface area contributed by atoms with Crippen molar-refractivity contribution in [3.63, 3.8) is 0 Å². The summed E-state index contributed by atoms with van der Waals surface area (Å²) in [5.41, 5.74) is -0.556. The zero-order chi connectivity index (χ0) is 12.3. The van der Waals surface area contributed by atoms with Crippen LogP contribution in [-0.2, 0) is 9.63 Å². The van der Waals surface area contributed by atoms with E-state index in [2.05, 4.69) is 0 Å². The van der Waals surface area contributed by atoms with E-state index in [-0.39, 0.29) is 5.97 Å². The van der Waals surface area contributed by atoms with Crippen LogP contribution in [0.15, 0.2) is 0 Å². The summed E-state index contributed by atoms with van der Waals surface area (Å²) in [6.45, 7) is 6.09. The van der Waals surface area contributed by atoms with Crippen molar-refractivity contribution in [3.05, 3.63) is 0 Å². The first kappa shape index (κ1) is 13.4. The van der Waals surface area contributed by atoms with Gasteiger partial charge in [-0.05, 0) is 33.6 Å². The third kappa shape index (κ3) is 3.70. The molecule has 0 radical (unpaired) electrons. The minimum Gasteiger partial charge on any atom is -0.367 e. The predicted octanol–water partition coefficient (Wildman–Crippen LogP) is 2.47. The second-order valence-electron chi connectivity index (χ2n) is 5.23. The van der Waals surface area contributed by atoms with Crippen LogP contribution in [0.5, 0.6) is 0 Å². The van der Waals surface area contributed by atoms with Gasteiger partial charge in [-0.2, -0.15) is 0 Å². The van der Waals surface area contributed by atoms with E-state index in [1.54, 1.807) is 20.8 Å². The monoisotopic (exact) mass is 235 g/mol. The number of carbonyl (C=O) groups excluding carboxylic acids is 1. The summed E-state index contributed by atoms with van der Waals surface area (Å²) >= 11 is 0. The van der Waals surface area contributed by atoms with E-state index in [4.69, 9.17) is 4.84 Å². The number of hydrogen-bond acceptors (Lipinski definition) is 3. The number of carbonyl (C=O) groups is 1. The van der Waals surface area contributed by atoms with Gasteiger partial charge < -0.3 is 4.84 Å². The lowest BCUT2D eigenvalue weighted by Gasteiger charge is -2.31. The molecule has 0 N–H and O–H groups in total. The summed E-state index contributed by atoms with van der Waals surface area (Å²) < 4.78 is 24.7. The van der Waals surface area contributed by atoms with Crippen LogP contribution in [0.3, 0.4) is 0 Å². The second-order valence-corrected chi connectivity index (χ2v) is 5.23. The van der Waals surface area contributed by atoms with Crippen molar-refractivity contribution in [2.45, 2.75) is 40.0 Å². The first-order valence-corrected chi connectivity index (χ1v) is 5.56. The normalized spacial score (nSPS) is 20.1. The molecule has 0 amide bonds. The van der Waals surface area contributed by atoms with Gasteiger partial charge in [0.15, 0.2) is 0 Å². The number of nitrogens with zero attached hydrogens (tertiary/aromatic N) is 1. The maximum atomic E-state index is 12.4. The fourth-order valence-corrected chi connectivity index (χ4v) is 1.47. The van der Waals surface area contributed by atoms with E-state index < -0.39 is 17.8 Å². The highest BCUT2D eigenvalue weighted by Crippen LogP contribution is 2.25. The lowest BCUT2D eigenvalue weighted by molar-refractivity contribution is -0.208. The summed E-state index contributed by atoms with van der Waals surface area (Å²) in [4.78, 5) is 16.7. The van der Waals surface area contributed by atoms with Crippen molar-refractivity contribution in [2.24, 2.45) is 11.3 Å². The SMILES string of the molecule is CC(C)(C)C(=O)ON1CCC(C(F)F)CC1. The molecule has 16 heavy (non-hydrogen) atoms. The molecule has 1 rings (SSSR count). The van der Waals surface area contributed by atoms with Gasteiger partial charge in [-0.15, -0.1) is 5.06 Å². The van der Waals surface area contributed by atoms with Gasteiger partial charge in [0.2, 0.25) is 6.43 Å². The summed E-state index contributed by atoms with van der Waals surface area (Å²) in [5.74, 6) is -0.868. The third-order valence-electron chi connectivity index (χ3n) is 2.68. The Hall–Kier alpha value is -0.710. The average molecular weight is 235 g/mol. The number of halogens is 2. The second kappa shape index (κ2) is 5.08. The van der Waals surface area contributed by atoms with Crippen LogP contribution in [0.2, 0.25) is 0 Å². The Morgan fingerprint density at radius 2 is 1.81 bits per heavy atom. The van der Waals surface area contributed by atoms with Gasteiger partial charge in [0.05, 0.1) is 5.41 Å². The van der Waals surface area contributed by atoms with Crippen molar-refractivity contribution < 1.29 is 18.4 Å². The molecule has 3 nitrogen and oxygen atoms in total. The van der Waals surface area contributed by atoms with Crippen LogP contribution < -0.4 is 0 Å². The Morgan fingerprint density at radius 1 is 1.31 bits per heavy atom. The minimum absolute atomic E-state index is 0.317. The van der Waals surface area contributed by atoms with E-state index in [1.165, 1.54) is 5.06 Å². The van der Waals surface area contributed by atoms with Gasteiger partial charge in [0.1, 0.15) is 0 Å². The van der Waals surface area contributed by atoms with Crippen molar-refractivity contribution in [2.75, 3.05) is 13.1 Å². The number of piperidine rings is 1. The standard InChI is InChI=1S/C11H19F2NO2/c1-11(2,3)10(15)16-14-6-4-8(5-7-14)9(12)13/h8-9H,4-7H2,1-3H3. The Bertz CT molecular complexity index is 243. The molecular weight excluding hydrogens is 216 g/mol. The first-order chi connectivity index (χ1) is 7.30. The van der Waals surface area contributed by atoms with Crippen molar-refractivity contribution in [3.8, 4) is 0 Å². The summed E-state index contributed by atoms with van der Waals surface area (Å²) in [6.07, 6.45) is -1.50. The van der Waals surface area contributed by atoms with Gasteiger partial charge in [-0.3, -0.25) is 0 Å². The molecule has 0 unspecified atom stereocenters. The number of hydrogen-bond donors (Lipinski definition) is 0. The van der Waals surface area contributed by atoms with E-state index >= 15 is 0 Å². The molecule has 1 saturated heterocycles. The molecular formula is C11H19F2NO2. The molecule has 0 atom stereocenters. The van der Waals surface area contributed by atoms with E-state index in [9.17, 15) is 13.6 Å². The van der Waals surface area contributed by atoms with Crippen LogP contribution in [0.25, 0.3) is 0 Å². The minimum atomic E-state index is -2.26. The van der Waals surface area contributed by atoms with Gasteiger partial charge in [-0.25, -0.2) is 13.6 Å². The Kier molecular flexibility index (Phi) is 4.24. The van der Waals surface area contributed by atoms with Crippen molar-refractivity contribution in [1.29, 1.82) is 0 Å². The highest BCUT2D eigenvalue weighted by atomic mass is 19.3. The van der Waals surface area contributed by atoms with Gasteiger partial charge in [0, 0.05) is 19.0 Å². The zero-order valence-electron chi connectivity index (χ0n) is 10.0. The van der Waals surface area contributed by atoms with Gasteiger partial charge in [0.25, 0.3) is 0 Å². The molecule has 0 spiro atoms. The zero-order valence-corrected chi connectivity index (χ0v) is 10.0. The third-order valence-corrected chi connectivity index (χ3v) is 2.68. The number of alkyl halides is 2. The van der Waals surface area contributed by atoms with Crippen LogP contribution >= 0.6 is 0 Å². The lowest BCUT2D eigenvalue weighted by Crippen LogP contribution is -2.40. The van der Waals surface area contributed by atoms with Crippen LogP contribution in [-0.4, -0.2) is 30.5 Å². The van der Waals surface area contributed by atoms with Gasteiger partial charge >= 0.3 is 5.97 Å². The van der Waals surface area contributed by atoms with Crippen molar-refractivity contribution >= 4 is 5.97 Å². The molecule has 0 aromatic rings. The molecule has 0 bridgehead atoms. The molecule has 0 aromatic carbocycles. The Balaban J connectivity index is 2.35. The average Bonchev–Trinajstić information content (AvgIpc) is 2.17. The predicted molar refractivity (Wildman–Crippen MR) is 55.8 cm³/mol. The van der Waals surface area contributed by atoms with Crippen molar-refractivity contribution in [1.82, 2.24) is 5.06 Å². The molecule has 0 aliphatic carbocycles. The highest BCUT2D eigenvalue weighted by Gasteiger charge is 2.30. The molecule has 0 aromatic heterocycles. The Morgan fingerprint density at radius 3 is 2.19 bits per heavy atom. The van der Waals surface area contributed by atoms with Crippen LogP contribution in [0.1, 0.15) is 33.6 Å². The van der Waals surface area contributed by atoms with E-state index in [1.807, 2.05) is 0 Å². The molecule has 1 fully saturated rings. The fourth-order valence-electron chi connectivity index (χ4n) is 1.47. The summed E-state index contributed by atoms with van der Waals surface area (Å²) in [5, 5.41) is 1.49. The maximum absolute atomic E-state index is 12.4. The molecule has 94 valence electrons. The maximum Gasteiger partial charge on any atom is 0.330 e. The highest BCUT2D eigenvalue weighted by molar-refractivity contribution is 5.75. The number of rotatable bonds is 2. The topological polar surface area (TPSA) is 29.5 Å². The molecule has 1 heterocycles.